The quantitative estimate of drug-likeness (QED) is 0.713. The number of carbonyl (C=O) groups is 2. The number of hydrogen-bond acceptors (Lipinski definition) is 5. The third-order valence-electron chi connectivity index (χ3n) is 3.87. The average Bonchev–Trinajstić information content (AvgIpc) is 2.88. The largest absolute Gasteiger partial charge is 0.482 e. The summed E-state index contributed by atoms with van der Waals surface area (Å²) < 4.78 is 15.5. The number of hydrogen-bond donors (Lipinski definition) is 0. The van der Waals surface area contributed by atoms with Crippen molar-refractivity contribution in [2.75, 3.05) is 13.7 Å². The summed E-state index contributed by atoms with van der Waals surface area (Å²) in [6.07, 6.45) is 2.56. The van der Waals surface area contributed by atoms with Gasteiger partial charge in [-0.1, -0.05) is 6.92 Å². The van der Waals surface area contributed by atoms with Crippen LogP contribution in [0.1, 0.15) is 26.7 Å². The van der Waals surface area contributed by atoms with Crippen LogP contribution in [0.5, 0.6) is 0 Å². The molecule has 1 fully saturated rings. The van der Waals surface area contributed by atoms with E-state index in [0.29, 0.717) is 18.8 Å². The second-order valence-corrected chi connectivity index (χ2v) is 4.65. The molecule has 0 aromatic rings. The van der Waals surface area contributed by atoms with Crippen LogP contribution in [0.15, 0.2) is 11.8 Å². The van der Waals surface area contributed by atoms with Crippen molar-refractivity contribution < 1.29 is 23.8 Å². The monoisotopic (exact) mass is 254 g/mol. The van der Waals surface area contributed by atoms with Crippen molar-refractivity contribution in [1.82, 2.24) is 0 Å². The van der Waals surface area contributed by atoms with Crippen LogP contribution in [0.3, 0.4) is 0 Å². The summed E-state index contributed by atoms with van der Waals surface area (Å²) in [5.41, 5.74) is -0.797. The molecule has 18 heavy (non-hydrogen) atoms. The highest BCUT2D eigenvalue weighted by molar-refractivity contribution is 5.85. The molecule has 2 rings (SSSR count). The van der Waals surface area contributed by atoms with E-state index in [2.05, 4.69) is 0 Å². The van der Waals surface area contributed by atoms with Crippen LogP contribution in [0.2, 0.25) is 0 Å². The van der Waals surface area contributed by atoms with Gasteiger partial charge in [-0.25, -0.2) is 4.79 Å². The lowest BCUT2D eigenvalue weighted by Crippen LogP contribution is -2.39. The van der Waals surface area contributed by atoms with Crippen molar-refractivity contribution in [3.8, 4) is 0 Å². The van der Waals surface area contributed by atoms with E-state index >= 15 is 0 Å². The van der Waals surface area contributed by atoms with Gasteiger partial charge in [0.1, 0.15) is 11.2 Å². The molecule has 5 heteroatoms. The van der Waals surface area contributed by atoms with E-state index in [4.69, 9.17) is 14.2 Å². The molecule has 1 heterocycles. The highest BCUT2D eigenvalue weighted by atomic mass is 16.6. The number of esters is 2. The molecule has 0 amide bonds. The minimum Gasteiger partial charge on any atom is -0.482 e. The van der Waals surface area contributed by atoms with Gasteiger partial charge in [0, 0.05) is 5.92 Å². The SMILES string of the molecule is CCOC(=O)C12CCC=C1OC(C(=O)OC)C2C. The minimum absolute atomic E-state index is 0.266. The molecule has 0 radical (unpaired) electrons. The summed E-state index contributed by atoms with van der Waals surface area (Å²) in [5, 5.41) is 0. The van der Waals surface area contributed by atoms with Gasteiger partial charge in [0.25, 0.3) is 0 Å². The van der Waals surface area contributed by atoms with Crippen LogP contribution in [-0.4, -0.2) is 31.8 Å². The Morgan fingerprint density at radius 2 is 2.28 bits per heavy atom. The Labute approximate surface area is 106 Å². The summed E-state index contributed by atoms with van der Waals surface area (Å²) in [7, 11) is 1.32. The van der Waals surface area contributed by atoms with Crippen molar-refractivity contribution in [3.05, 3.63) is 11.8 Å². The van der Waals surface area contributed by atoms with Gasteiger partial charge in [0.15, 0.2) is 6.10 Å². The molecule has 3 unspecified atom stereocenters. The number of rotatable bonds is 3. The van der Waals surface area contributed by atoms with Crippen LogP contribution in [0.4, 0.5) is 0 Å². The third kappa shape index (κ3) is 1.61. The van der Waals surface area contributed by atoms with Gasteiger partial charge >= 0.3 is 11.9 Å². The lowest BCUT2D eigenvalue weighted by atomic mass is 9.74. The average molecular weight is 254 g/mol. The van der Waals surface area contributed by atoms with Crippen molar-refractivity contribution >= 4 is 11.9 Å². The van der Waals surface area contributed by atoms with E-state index in [1.54, 1.807) is 6.92 Å². The van der Waals surface area contributed by atoms with Crippen LogP contribution < -0.4 is 0 Å². The van der Waals surface area contributed by atoms with E-state index in [1.165, 1.54) is 7.11 Å². The molecule has 0 N–H and O–H groups in total. The lowest BCUT2D eigenvalue weighted by Gasteiger charge is -2.26. The van der Waals surface area contributed by atoms with Gasteiger partial charge < -0.3 is 14.2 Å². The molecule has 2 aliphatic rings. The van der Waals surface area contributed by atoms with Crippen LogP contribution in [-0.2, 0) is 23.8 Å². The fraction of sp³-hybridized carbons (Fsp3) is 0.692. The molecular weight excluding hydrogens is 236 g/mol. The first-order valence-corrected chi connectivity index (χ1v) is 6.20. The van der Waals surface area contributed by atoms with Gasteiger partial charge in [-0.05, 0) is 25.8 Å². The Hall–Kier alpha value is -1.52. The van der Waals surface area contributed by atoms with Crippen molar-refractivity contribution in [2.24, 2.45) is 11.3 Å². The van der Waals surface area contributed by atoms with Gasteiger partial charge in [-0.2, -0.15) is 0 Å². The highest BCUT2D eigenvalue weighted by Gasteiger charge is 2.61. The van der Waals surface area contributed by atoms with Crippen LogP contribution >= 0.6 is 0 Å². The van der Waals surface area contributed by atoms with Crippen molar-refractivity contribution in [1.29, 1.82) is 0 Å². The second-order valence-electron chi connectivity index (χ2n) is 4.65. The van der Waals surface area contributed by atoms with E-state index in [1.807, 2.05) is 13.0 Å². The summed E-state index contributed by atoms with van der Waals surface area (Å²) in [6.45, 7) is 3.93. The van der Waals surface area contributed by atoms with Gasteiger partial charge in [-0.15, -0.1) is 0 Å². The molecule has 1 saturated heterocycles. The fourth-order valence-electron chi connectivity index (χ4n) is 2.86. The molecule has 0 spiro atoms. The van der Waals surface area contributed by atoms with E-state index in [9.17, 15) is 9.59 Å². The molecule has 1 aliphatic carbocycles. The zero-order chi connectivity index (χ0) is 13.3. The molecule has 5 nitrogen and oxygen atoms in total. The molecule has 0 aromatic carbocycles. The predicted molar refractivity (Wildman–Crippen MR) is 62.4 cm³/mol. The molecule has 100 valence electrons. The minimum atomic E-state index is -0.797. The number of ether oxygens (including phenoxy) is 3. The Kier molecular flexibility index (Phi) is 3.32. The molecular formula is C13H18O5. The Morgan fingerprint density at radius 1 is 1.56 bits per heavy atom. The maximum Gasteiger partial charge on any atom is 0.347 e. The Morgan fingerprint density at radius 3 is 2.89 bits per heavy atom. The second kappa shape index (κ2) is 4.63. The zero-order valence-electron chi connectivity index (χ0n) is 10.9. The highest BCUT2D eigenvalue weighted by Crippen LogP contribution is 2.54. The van der Waals surface area contributed by atoms with E-state index in [0.717, 1.165) is 6.42 Å². The predicted octanol–water partition coefficient (Wildman–Crippen LogP) is 1.42. The molecule has 0 aromatic heterocycles. The topological polar surface area (TPSA) is 61.8 Å². The first-order valence-electron chi connectivity index (χ1n) is 6.20. The molecule has 1 aliphatic heterocycles. The zero-order valence-corrected chi connectivity index (χ0v) is 10.9. The summed E-state index contributed by atoms with van der Waals surface area (Å²) in [4.78, 5) is 23.9. The maximum atomic E-state index is 12.2. The summed E-state index contributed by atoms with van der Waals surface area (Å²) >= 11 is 0. The number of allylic oxidation sites excluding steroid dienone is 1. The Bertz CT molecular complexity index is 400. The standard InChI is InChI=1S/C13H18O5/c1-4-17-12(15)13-7-5-6-9(13)18-10(8(13)2)11(14)16-3/h6,8,10H,4-5,7H2,1-3H3. The normalized spacial score (nSPS) is 33.4. The van der Waals surface area contributed by atoms with E-state index < -0.39 is 17.5 Å². The maximum absolute atomic E-state index is 12.2. The van der Waals surface area contributed by atoms with Crippen LogP contribution in [0.25, 0.3) is 0 Å². The number of carbonyl (C=O) groups excluding carboxylic acids is 2. The molecule has 3 atom stereocenters. The van der Waals surface area contributed by atoms with Crippen LogP contribution in [0, 0.1) is 11.3 Å². The first kappa shape index (κ1) is 12.9. The van der Waals surface area contributed by atoms with E-state index in [-0.39, 0.29) is 11.9 Å². The number of methoxy groups -OCH3 is 1. The molecule has 0 bridgehead atoms. The van der Waals surface area contributed by atoms with Gasteiger partial charge in [-0.3, -0.25) is 4.79 Å². The molecule has 0 saturated carbocycles. The lowest BCUT2D eigenvalue weighted by molar-refractivity contribution is -0.156. The van der Waals surface area contributed by atoms with Crippen molar-refractivity contribution in [2.45, 2.75) is 32.8 Å². The third-order valence-corrected chi connectivity index (χ3v) is 3.87. The summed E-state index contributed by atoms with van der Waals surface area (Å²) in [5.74, 6) is -0.435. The number of fused-ring (bicyclic) bond motifs is 1. The van der Waals surface area contributed by atoms with Gasteiger partial charge in [0.05, 0.1) is 13.7 Å². The first-order chi connectivity index (χ1) is 8.57. The van der Waals surface area contributed by atoms with Crippen molar-refractivity contribution in [3.63, 3.8) is 0 Å². The fourth-order valence-corrected chi connectivity index (χ4v) is 2.86. The Balaban J connectivity index is 2.31. The summed E-state index contributed by atoms with van der Waals surface area (Å²) in [6, 6.07) is 0. The smallest absolute Gasteiger partial charge is 0.347 e. The van der Waals surface area contributed by atoms with Gasteiger partial charge in [0.2, 0.25) is 0 Å².